The molecule has 0 bridgehead atoms. The fourth-order valence-corrected chi connectivity index (χ4v) is 6.25. The van der Waals surface area contributed by atoms with Crippen LogP contribution in [0.25, 0.3) is 0 Å². The van der Waals surface area contributed by atoms with E-state index in [4.69, 9.17) is 28.4 Å². The van der Waals surface area contributed by atoms with Gasteiger partial charge in [-0.3, -0.25) is 28.8 Å². The third-order valence-corrected chi connectivity index (χ3v) is 9.76. The summed E-state index contributed by atoms with van der Waals surface area (Å²) in [5.74, 6) is -1.77. The Morgan fingerprint density at radius 2 is 1.13 bits per heavy atom. The van der Waals surface area contributed by atoms with E-state index in [0.29, 0.717) is 18.6 Å². The van der Waals surface area contributed by atoms with Crippen molar-refractivity contribution in [3.8, 4) is 0 Å². The van der Waals surface area contributed by atoms with Gasteiger partial charge >= 0.3 is 23.9 Å². The fourth-order valence-electron chi connectivity index (χ4n) is 5.43. The van der Waals surface area contributed by atoms with Crippen LogP contribution >= 0.6 is 11.8 Å². The Labute approximate surface area is 334 Å². The van der Waals surface area contributed by atoms with E-state index < -0.39 is 30.1 Å². The average molecular weight is 805 g/mol. The van der Waals surface area contributed by atoms with Crippen molar-refractivity contribution in [2.45, 2.75) is 136 Å². The van der Waals surface area contributed by atoms with E-state index in [-0.39, 0.29) is 88.3 Å². The zero-order valence-electron chi connectivity index (χ0n) is 34.9. The van der Waals surface area contributed by atoms with Crippen molar-refractivity contribution >= 4 is 47.4 Å². The van der Waals surface area contributed by atoms with Gasteiger partial charge in [0.15, 0.2) is 12.2 Å². The summed E-state index contributed by atoms with van der Waals surface area (Å²) in [6.07, 6.45) is 9.54. The Morgan fingerprint density at radius 3 is 1.56 bits per heavy atom. The van der Waals surface area contributed by atoms with Crippen molar-refractivity contribution in [1.29, 1.82) is 0 Å². The average Bonchev–Trinajstić information content (AvgIpc) is 3.15. The smallest absolute Gasteiger partial charge is 0.308 e. The van der Waals surface area contributed by atoms with E-state index in [9.17, 15) is 28.8 Å². The number of rotatable bonds is 35. The summed E-state index contributed by atoms with van der Waals surface area (Å²) in [5, 5.41) is -0.165. The van der Waals surface area contributed by atoms with Crippen molar-refractivity contribution < 1.29 is 57.2 Å². The lowest BCUT2D eigenvalue weighted by Crippen LogP contribution is -2.33. The van der Waals surface area contributed by atoms with Crippen LogP contribution in [0.2, 0.25) is 0 Å². The molecular formula is C40H72N2O12S. The second-order valence-electron chi connectivity index (χ2n) is 14.3. The van der Waals surface area contributed by atoms with E-state index in [1.807, 2.05) is 25.9 Å². The lowest BCUT2D eigenvalue weighted by Gasteiger charge is -2.23. The minimum absolute atomic E-state index is 0.0214. The van der Waals surface area contributed by atoms with E-state index >= 15 is 0 Å². The van der Waals surface area contributed by atoms with Crippen molar-refractivity contribution in [3.63, 3.8) is 0 Å². The topological polar surface area (TPSA) is 164 Å². The van der Waals surface area contributed by atoms with E-state index in [1.54, 1.807) is 11.8 Å². The highest BCUT2D eigenvalue weighted by Gasteiger charge is 2.23. The summed E-state index contributed by atoms with van der Waals surface area (Å²) in [6, 6.07) is 0. The lowest BCUT2D eigenvalue weighted by molar-refractivity contribution is -0.165. The van der Waals surface area contributed by atoms with Crippen LogP contribution < -0.4 is 0 Å². The van der Waals surface area contributed by atoms with Gasteiger partial charge in [-0.2, -0.15) is 0 Å². The largest absolute Gasteiger partial charge is 0.464 e. The first kappa shape index (κ1) is 52.1. The summed E-state index contributed by atoms with van der Waals surface area (Å²) >= 11 is 1.18. The first-order valence-electron chi connectivity index (χ1n) is 20.2. The molecule has 4 unspecified atom stereocenters. The van der Waals surface area contributed by atoms with Crippen molar-refractivity contribution in [3.05, 3.63) is 0 Å². The number of esters is 4. The molecule has 0 aliphatic carbocycles. The quantitative estimate of drug-likeness (QED) is 0.0291. The van der Waals surface area contributed by atoms with Gasteiger partial charge in [0.1, 0.15) is 19.8 Å². The number of amides is 1. The number of carbonyl (C=O) groups is 6. The number of thioether (sulfide) groups is 1. The molecule has 4 atom stereocenters. The molecule has 0 saturated heterocycles. The maximum absolute atomic E-state index is 13.2. The van der Waals surface area contributed by atoms with Crippen molar-refractivity contribution in [2.75, 3.05) is 73.0 Å². The molecule has 0 saturated carbocycles. The molecule has 55 heavy (non-hydrogen) atoms. The number of hydrogen-bond donors (Lipinski definition) is 0. The van der Waals surface area contributed by atoms with Crippen LogP contribution in [-0.4, -0.2) is 131 Å². The minimum atomic E-state index is -0.964. The standard InChI is InChI=1S/C40H72N2O12S/c1-8-10-12-14-19-32(3)38(46)51-29-34(27-49-7)53-36(44)21-16-24-42(40(48)55-26-18-23-41(5)6)25-17-22-37(45)54-35(28-50-31-43)30-52-39(47)33(4)20-15-13-11-9-2/h31-35H,8-30H2,1-7H3. The SMILES string of the molecule is CCCCCCC(C)C(=O)OCC(COC)OC(=O)CCCN(CCCC(=O)OC(COC=O)COC(=O)C(C)CCCCCC)C(=O)SCCCN(C)C. The van der Waals surface area contributed by atoms with E-state index in [2.05, 4.69) is 13.8 Å². The van der Waals surface area contributed by atoms with E-state index in [0.717, 1.165) is 70.8 Å². The number of hydrogen-bond acceptors (Lipinski definition) is 14. The Hall–Kier alpha value is -2.91. The normalized spacial score (nSPS) is 13.3. The Balaban J connectivity index is 5.09. The van der Waals surface area contributed by atoms with Gasteiger partial charge in [0, 0.05) is 38.8 Å². The molecule has 0 heterocycles. The summed E-state index contributed by atoms with van der Waals surface area (Å²) in [7, 11) is 5.40. The Kier molecular flexibility index (Phi) is 32.5. The predicted octanol–water partition coefficient (Wildman–Crippen LogP) is 6.60. The van der Waals surface area contributed by atoms with Crippen molar-refractivity contribution in [1.82, 2.24) is 9.80 Å². The van der Waals surface area contributed by atoms with Crippen molar-refractivity contribution in [2.24, 2.45) is 11.8 Å². The van der Waals surface area contributed by atoms with Crippen LogP contribution in [0.4, 0.5) is 4.79 Å². The summed E-state index contributed by atoms with van der Waals surface area (Å²) in [4.78, 5) is 78.1. The summed E-state index contributed by atoms with van der Waals surface area (Å²) in [6.45, 7) is 8.90. The first-order chi connectivity index (χ1) is 26.4. The Morgan fingerprint density at radius 1 is 0.636 bits per heavy atom. The number of methoxy groups -OCH3 is 1. The van der Waals surface area contributed by atoms with Crippen LogP contribution in [0.3, 0.4) is 0 Å². The number of ether oxygens (including phenoxy) is 6. The predicted molar refractivity (Wildman–Crippen MR) is 212 cm³/mol. The second-order valence-corrected chi connectivity index (χ2v) is 15.4. The molecule has 0 rings (SSSR count). The molecule has 0 aliphatic heterocycles. The second kappa shape index (κ2) is 34.3. The highest BCUT2D eigenvalue weighted by molar-refractivity contribution is 8.13. The molecular weight excluding hydrogens is 733 g/mol. The maximum atomic E-state index is 13.2. The molecule has 320 valence electrons. The van der Waals surface area contributed by atoms with Crippen LogP contribution in [0.5, 0.6) is 0 Å². The summed E-state index contributed by atoms with van der Waals surface area (Å²) < 4.78 is 31.8. The highest BCUT2D eigenvalue weighted by atomic mass is 32.2. The van der Waals surface area contributed by atoms with Gasteiger partial charge in [-0.25, -0.2) is 0 Å². The van der Waals surface area contributed by atoms with Gasteiger partial charge in [-0.05, 0) is 52.7 Å². The molecule has 15 heteroatoms. The van der Waals surface area contributed by atoms with Gasteiger partial charge in [0.2, 0.25) is 0 Å². The lowest BCUT2D eigenvalue weighted by atomic mass is 10.0. The van der Waals surface area contributed by atoms with Gasteiger partial charge < -0.3 is 38.2 Å². The van der Waals surface area contributed by atoms with Crippen LogP contribution in [-0.2, 0) is 52.4 Å². The number of carbonyl (C=O) groups excluding carboxylic acids is 6. The first-order valence-corrected chi connectivity index (χ1v) is 21.2. The van der Waals surface area contributed by atoms with Gasteiger partial charge in [0.05, 0.1) is 18.4 Å². The molecule has 0 aliphatic rings. The minimum Gasteiger partial charge on any atom is -0.464 e. The van der Waals surface area contributed by atoms with Gasteiger partial charge in [0.25, 0.3) is 11.7 Å². The van der Waals surface area contributed by atoms with Gasteiger partial charge in [-0.1, -0.05) is 90.8 Å². The summed E-state index contributed by atoms with van der Waals surface area (Å²) in [5.41, 5.74) is 0. The number of nitrogens with zero attached hydrogens (tertiary/aromatic N) is 2. The van der Waals surface area contributed by atoms with Crippen LogP contribution in [0.1, 0.15) is 124 Å². The molecule has 14 nitrogen and oxygen atoms in total. The molecule has 0 radical (unpaired) electrons. The highest BCUT2D eigenvalue weighted by Crippen LogP contribution is 2.16. The molecule has 0 spiro atoms. The molecule has 0 aromatic carbocycles. The number of unbranched alkanes of at least 4 members (excludes halogenated alkanes) is 6. The molecule has 0 aromatic rings. The third kappa shape index (κ3) is 29.1. The Bertz CT molecular complexity index is 1060. The fraction of sp³-hybridized carbons (Fsp3) is 0.850. The molecule has 0 N–H and O–H groups in total. The van der Waals surface area contributed by atoms with Gasteiger partial charge in [-0.15, -0.1) is 0 Å². The monoisotopic (exact) mass is 804 g/mol. The van der Waals surface area contributed by atoms with E-state index in [1.165, 1.54) is 18.9 Å². The zero-order chi connectivity index (χ0) is 41.3. The molecule has 0 aromatic heterocycles. The molecule has 1 amide bonds. The van der Waals surface area contributed by atoms with Crippen LogP contribution in [0.15, 0.2) is 0 Å². The molecule has 0 fully saturated rings. The maximum Gasteiger partial charge on any atom is 0.308 e. The van der Waals surface area contributed by atoms with Crippen LogP contribution in [0, 0.1) is 11.8 Å². The third-order valence-electron chi connectivity index (χ3n) is 8.76. The zero-order valence-corrected chi connectivity index (χ0v) is 35.7.